The van der Waals surface area contributed by atoms with Gasteiger partial charge in [-0.15, -0.1) is 0 Å². The molecule has 0 atom stereocenters. The molecule has 3 heteroatoms. The van der Waals surface area contributed by atoms with E-state index in [4.69, 9.17) is 4.74 Å². The van der Waals surface area contributed by atoms with Gasteiger partial charge in [-0.3, -0.25) is 4.79 Å². The molecule has 13 heavy (non-hydrogen) atoms. The topological polar surface area (TPSA) is 29.5 Å². The number of carbonyl (C=O) groups is 1. The smallest absolute Gasteiger partial charge is 0.231 e. The maximum absolute atomic E-state index is 11.3. The fraction of sp³-hybridized carbons (Fsp3) is 0.300. The van der Waals surface area contributed by atoms with Gasteiger partial charge >= 0.3 is 0 Å². The Morgan fingerprint density at radius 1 is 1.46 bits per heavy atom. The lowest BCUT2D eigenvalue weighted by Crippen LogP contribution is -2.20. The number of hydrogen-bond donors (Lipinski definition) is 0. The van der Waals surface area contributed by atoms with Gasteiger partial charge in [0, 0.05) is 13.1 Å². The Bertz CT molecular complexity index is 360. The van der Waals surface area contributed by atoms with E-state index in [1.54, 1.807) is 19.1 Å². The largest absolute Gasteiger partial charge is 0.497 e. The van der Waals surface area contributed by atoms with Crippen molar-refractivity contribution >= 4 is 11.6 Å². The molecular formula is C10H11NO2. The van der Waals surface area contributed by atoms with Crippen LogP contribution in [0.15, 0.2) is 18.2 Å². The molecule has 1 heterocycles. The lowest BCUT2D eigenvalue weighted by molar-refractivity contribution is -0.117. The van der Waals surface area contributed by atoms with E-state index in [1.807, 2.05) is 18.2 Å². The molecule has 1 aliphatic rings. The molecule has 1 aliphatic heterocycles. The molecule has 0 saturated carbocycles. The van der Waals surface area contributed by atoms with Crippen molar-refractivity contribution in [1.29, 1.82) is 0 Å². The number of ether oxygens (including phenoxy) is 1. The van der Waals surface area contributed by atoms with Crippen molar-refractivity contribution in [2.24, 2.45) is 0 Å². The standard InChI is InChI=1S/C10H11NO2/c1-11-9-6-8(13-2)4-3-7(9)5-10(11)12/h3-4,6H,5H2,1-2H3. The molecule has 2 rings (SSSR count). The van der Waals surface area contributed by atoms with Crippen LogP contribution in [0.1, 0.15) is 5.56 Å². The van der Waals surface area contributed by atoms with Crippen molar-refractivity contribution in [3.05, 3.63) is 23.8 Å². The second kappa shape index (κ2) is 2.76. The first-order chi connectivity index (χ1) is 6.22. The zero-order chi connectivity index (χ0) is 9.42. The first-order valence-electron chi connectivity index (χ1n) is 4.16. The summed E-state index contributed by atoms with van der Waals surface area (Å²) in [6.07, 6.45) is 0.510. The Balaban J connectivity index is 2.47. The summed E-state index contributed by atoms with van der Waals surface area (Å²) in [5.41, 5.74) is 2.04. The van der Waals surface area contributed by atoms with Crippen molar-refractivity contribution in [1.82, 2.24) is 0 Å². The Morgan fingerprint density at radius 3 is 2.92 bits per heavy atom. The average molecular weight is 177 g/mol. The number of benzene rings is 1. The molecule has 0 aromatic heterocycles. The van der Waals surface area contributed by atoms with Crippen LogP contribution in [-0.4, -0.2) is 20.1 Å². The third-order valence-electron chi connectivity index (χ3n) is 2.37. The number of likely N-dealkylation sites (N-methyl/N-ethyl adjacent to an activating group) is 1. The van der Waals surface area contributed by atoms with Crippen LogP contribution in [0.3, 0.4) is 0 Å². The van der Waals surface area contributed by atoms with Gasteiger partial charge < -0.3 is 9.64 Å². The highest BCUT2D eigenvalue weighted by Gasteiger charge is 2.23. The summed E-state index contributed by atoms with van der Waals surface area (Å²) in [6, 6.07) is 5.71. The van der Waals surface area contributed by atoms with Crippen LogP contribution in [0.5, 0.6) is 5.75 Å². The van der Waals surface area contributed by atoms with E-state index in [9.17, 15) is 4.79 Å². The number of amides is 1. The predicted octanol–water partition coefficient (Wildman–Crippen LogP) is 1.21. The fourth-order valence-electron chi connectivity index (χ4n) is 1.55. The normalized spacial score (nSPS) is 14.6. The van der Waals surface area contributed by atoms with Crippen LogP contribution < -0.4 is 9.64 Å². The number of fused-ring (bicyclic) bond motifs is 1. The van der Waals surface area contributed by atoms with E-state index in [-0.39, 0.29) is 5.91 Å². The zero-order valence-electron chi connectivity index (χ0n) is 7.70. The van der Waals surface area contributed by atoms with Crippen LogP contribution in [0, 0.1) is 0 Å². The molecule has 0 spiro atoms. The third kappa shape index (κ3) is 1.16. The predicted molar refractivity (Wildman–Crippen MR) is 50.1 cm³/mol. The quantitative estimate of drug-likeness (QED) is 0.645. The van der Waals surface area contributed by atoms with Gasteiger partial charge in [0.1, 0.15) is 5.75 Å². The van der Waals surface area contributed by atoms with E-state index >= 15 is 0 Å². The maximum atomic E-state index is 11.3. The van der Waals surface area contributed by atoms with Gasteiger partial charge in [-0.05, 0) is 11.6 Å². The Hall–Kier alpha value is -1.51. The fourth-order valence-corrected chi connectivity index (χ4v) is 1.55. The maximum Gasteiger partial charge on any atom is 0.231 e. The molecule has 0 radical (unpaired) electrons. The van der Waals surface area contributed by atoms with Crippen LogP contribution in [0.4, 0.5) is 5.69 Å². The van der Waals surface area contributed by atoms with Crippen molar-refractivity contribution < 1.29 is 9.53 Å². The summed E-state index contributed by atoms with van der Waals surface area (Å²) in [5, 5.41) is 0. The van der Waals surface area contributed by atoms with E-state index in [1.165, 1.54) is 0 Å². The average Bonchev–Trinajstić information content (AvgIpc) is 2.43. The number of carbonyl (C=O) groups excluding carboxylic acids is 1. The van der Waals surface area contributed by atoms with Crippen LogP contribution in [-0.2, 0) is 11.2 Å². The van der Waals surface area contributed by atoms with Crippen molar-refractivity contribution in [3.8, 4) is 5.75 Å². The molecule has 1 aromatic rings. The Morgan fingerprint density at radius 2 is 2.23 bits per heavy atom. The molecule has 0 N–H and O–H groups in total. The van der Waals surface area contributed by atoms with Crippen LogP contribution >= 0.6 is 0 Å². The van der Waals surface area contributed by atoms with Crippen LogP contribution in [0.25, 0.3) is 0 Å². The van der Waals surface area contributed by atoms with E-state index < -0.39 is 0 Å². The lowest BCUT2D eigenvalue weighted by Gasteiger charge is -2.10. The van der Waals surface area contributed by atoms with Gasteiger partial charge in [-0.2, -0.15) is 0 Å². The van der Waals surface area contributed by atoms with E-state index in [0.717, 1.165) is 17.0 Å². The minimum atomic E-state index is 0.142. The number of hydrogen-bond acceptors (Lipinski definition) is 2. The van der Waals surface area contributed by atoms with Crippen molar-refractivity contribution in [2.45, 2.75) is 6.42 Å². The monoisotopic (exact) mass is 177 g/mol. The second-order valence-corrected chi connectivity index (χ2v) is 3.12. The number of rotatable bonds is 1. The zero-order valence-corrected chi connectivity index (χ0v) is 7.70. The summed E-state index contributed by atoms with van der Waals surface area (Å²) < 4.78 is 5.09. The number of methoxy groups -OCH3 is 1. The Labute approximate surface area is 76.9 Å². The molecular weight excluding hydrogens is 166 g/mol. The summed E-state index contributed by atoms with van der Waals surface area (Å²) in [5.74, 6) is 0.934. The lowest BCUT2D eigenvalue weighted by atomic mass is 10.1. The number of nitrogens with zero attached hydrogens (tertiary/aromatic N) is 1. The molecule has 68 valence electrons. The van der Waals surface area contributed by atoms with E-state index in [0.29, 0.717) is 6.42 Å². The Kier molecular flexibility index (Phi) is 1.72. The van der Waals surface area contributed by atoms with Crippen molar-refractivity contribution in [3.63, 3.8) is 0 Å². The third-order valence-corrected chi connectivity index (χ3v) is 2.37. The molecule has 0 bridgehead atoms. The first-order valence-corrected chi connectivity index (χ1v) is 4.16. The van der Waals surface area contributed by atoms with Gasteiger partial charge in [0.15, 0.2) is 0 Å². The highest BCUT2D eigenvalue weighted by atomic mass is 16.5. The highest BCUT2D eigenvalue weighted by molar-refractivity contribution is 6.01. The molecule has 3 nitrogen and oxygen atoms in total. The van der Waals surface area contributed by atoms with Gasteiger partial charge in [0.05, 0.1) is 19.2 Å². The highest BCUT2D eigenvalue weighted by Crippen LogP contribution is 2.30. The molecule has 0 aliphatic carbocycles. The summed E-state index contributed by atoms with van der Waals surface area (Å²) in [4.78, 5) is 13.0. The first kappa shape index (κ1) is 8.10. The van der Waals surface area contributed by atoms with Gasteiger partial charge in [-0.1, -0.05) is 6.07 Å². The molecule has 1 amide bonds. The molecule has 0 fully saturated rings. The minimum Gasteiger partial charge on any atom is -0.497 e. The minimum absolute atomic E-state index is 0.142. The second-order valence-electron chi connectivity index (χ2n) is 3.12. The van der Waals surface area contributed by atoms with Gasteiger partial charge in [-0.25, -0.2) is 0 Å². The molecule has 0 saturated heterocycles. The summed E-state index contributed by atoms with van der Waals surface area (Å²) in [7, 11) is 3.41. The van der Waals surface area contributed by atoms with Crippen LogP contribution in [0.2, 0.25) is 0 Å². The van der Waals surface area contributed by atoms with Crippen molar-refractivity contribution in [2.75, 3.05) is 19.1 Å². The summed E-state index contributed by atoms with van der Waals surface area (Å²) >= 11 is 0. The molecule has 1 aromatic carbocycles. The molecule has 0 unspecified atom stereocenters. The summed E-state index contributed by atoms with van der Waals surface area (Å²) in [6.45, 7) is 0. The SMILES string of the molecule is COc1ccc2c(c1)N(C)C(=O)C2. The van der Waals surface area contributed by atoms with E-state index in [2.05, 4.69) is 0 Å². The van der Waals surface area contributed by atoms with Gasteiger partial charge in [0.25, 0.3) is 0 Å². The number of anilines is 1. The van der Waals surface area contributed by atoms with Gasteiger partial charge in [0.2, 0.25) is 5.91 Å².